The summed E-state index contributed by atoms with van der Waals surface area (Å²) in [5.41, 5.74) is 3.77. The van der Waals surface area contributed by atoms with Crippen molar-refractivity contribution in [1.29, 1.82) is 0 Å². The molecule has 0 aliphatic carbocycles. The monoisotopic (exact) mass is 280 g/mol. The molecule has 0 nitrogen and oxygen atoms in total. The normalized spacial score (nSPS) is 12.5. The van der Waals surface area contributed by atoms with Crippen LogP contribution in [0.4, 0.5) is 8.78 Å². The molecule has 0 fully saturated rings. The van der Waals surface area contributed by atoms with Crippen LogP contribution in [0.25, 0.3) is 0 Å². The Hall–Kier alpha value is -1.41. The van der Waals surface area contributed by atoms with E-state index in [1.54, 1.807) is 0 Å². The number of alkyl halides is 1. The van der Waals surface area contributed by atoms with E-state index in [9.17, 15) is 8.78 Å². The van der Waals surface area contributed by atoms with E-state index in [0.717, 1.165) is 11.6 Å². The SMILES string of the molecule is Cc1ccc(CC(Cl)c2ccc(F)cc2F)cc1C. The second kappa shape index (κ2) is 5.70. The third-order valence-electron chi connectivity index (χ3n) is 3.29. The molecular weight excluding hydrogens is 266 g/mol. The van der Waals surface area contributed by atoms with Gasteiger partial charge in [-0.05, 0) is 43.0 Å². The van der Waals surface area contributed by atoms with Crippen LogP contribution in [0.3, 0.4) is 0 Å². The molecule has 0 aliphatic rings. The Labute approximate surface area is 117 Å². The molecule has 1 atom stereocenters. The summed E-state index contributed by atoms with van der Waals surface area (Å²) < 4.78 is 26.5. The first-order valence-electron chi connectivity index (χ1n) is 6.12. The zero-order valence-corrected chi connectivity index (χ0v) is 11.6. The van der Waals surface area contributed by atoms with E-state index in [-0.39, 0.29) is 0 Å². The standard InChI is InChI=1S/C16H15ClF2/c1-10-3-4-12(7-11(10)2)8-15(17)14-6-5-13(18)9-16(14)19/h3-7,9,15H,8H2,1-2H3. The highest BCUT2D eigenvalue weighted by Gasteiger charge is 2.14. The minimum absolute atomic E-state index is 0.335. The number of halogens is 3. The smallest absolute Gasteiger partial charge is 0.130 e. The maximum atomic E-state index is 13.6. The lowest BCUT2D eigenvalue weighted by molar-refractivity contribution is 0.570. The number of benzene rings is 2. The fourth-order valence-electron chi connectivity index (χ4n) is 2.00. The summed E-state index contributed by atoms with van der Waals surface area (Å²) in [5.74, 6) is -1.18. The molecule has 100 valence electrons. The van der Waals surface area contributed by atoms with Crippen LogP contribution in [-0.2, 0) is 6.42 Å². The van der Waals surface area contributed by atoms with Crippen LogP contribution in [0.2, 0.25) is 0 Å². The van der Waals surface area contributed by atoms with Gasteiger partial charge in [0.2, 0.25) is 0 Å². The lowest BCUT2D eigenvalue weighted by Gasteiger charge is -2.12. The summed E-state index contributed by atoms with van der Waals surface area (Å²) in [6.45, 7) is 4.07. The van der Waals surface area contributed by atoms with Gasteiger partial charge in [0.15, 0.2) is 0 Å². The third-order valence-corrected chi connectivity index (χ3v) is 3.68. The number of hydrogen-bond acceptors (Lipinski definition) is 0. The van der Waals surface area contributed by atoms with Crippen LogP contribution >= 0.6 is 11.6 Å². The van der Waals surface area contributed by atoms with Crippen LogP contribution < -0.4 is 0 Å². The van der Waals surface area contributed by atoms with Crippen molar-refractivity contribution in [3.63, 3.8) is 0 Å². The van der Waals surface area contributed by atoms with Gasteiger partial charge in [0.05, 0.1) is 5.38 Å². The highest BCUT2D eigenvalue weighted by atomic mass is 35.5. The topological polar surface area (TPSA) is 0 Å². The molecule has 0 N–H and O–H groups in total. The van der Waals surface area contributed by atoms with Crippen molar-refractivity contribution in [2.45, 2.75) is 25.6 Å². The molecule has 0 saturated carbocycles. The van der Waals surface area contributed by atoms with Gasteiger partial charge in [-0.15, -0.1) is 11.6 Å². The van der Waals surface area contributed by atoms with E-state index in [1.165, 1.54) is 23.3 Å². The highest BCUT2D eigenvalue weighted by molar-refractivity contribution is 6.20. The van der Waals surface area contributed by atoms with Crippen molar-refractivity contribution in [3.05, 3.63) is 70.3 Å². The van der Waals surface area contributed by atoms with Crippen LogP contribution in [0.5, 0.6) is 0 Å². The average Bonchev–Trinajstić information content (AvgIpc) is 2.33. The van der Waals surface area contributed by atoms with Crippen molar-refractivity contribution < 1.29 is 8.78 Å². The van der Waals surface area contributed by atoms with E-state index < -0.39 is 17.0 Å². The van der Waals surface area contributed by atoms with Gasteiger partial charge in [-0.1, -0.05) is 24.3 Å². The molecule has 3 heteroatoms. The second-order valence-electron chi connectivity index (χ2n) is 4.76. The van der Waals surface area contributed by atoms with Crippen LogP contribution in [-0.4, -0.2) is 0 Å². The Morgan fingerprint density at radius 1 is 1.00 bits per heavy atom. The Kier molecular flexibility index (Phi) is 4.20. The molecule has 0 aromatic heterocycles. The van der Waals surface area contributed by atoms with Gasteiger partial charge in [0, 0.05) is 11.6 Å². The second-order valence-corrected chi connectivity index (χ2v) is 5.28. The summed E-state index contributed by atoms with van der Waals surface area (Å²) in [7, 11) is 0. The predicted octanol–water partition coefficient (Wildman–Crippen LogP) is 5.10. The number of aryl methyl sites for hydroxylation is 2. The molecule has 0 spiro atoms. The summed E-state index contributed by atoms with van der Waals surface area (Å²) in [6, 6.07) is 9.56. The molecule has 0 bridgehead atoms. The van der Waals surface area contributed by atoms with Gasteiger partial charge in [-0.2, -0.15) is 0 Å². The van der Waals surface area contributed by atoms with Crippen LogP contribution in [0.15, 0.2) is 36.4 Å². The maximum absolute atomic E-state index is 13.6. The number of hydrogen-bond donors (Lipinski definition) is 0. The first-order valence-corrected chi connectivity index (χ1v) is 6.56. The van der Waals surface area contributed by atoms with Crippen LogP contribution in [0, 0.1) is 25.5 Å². The van der Waals surface area contributed by atoms with E-state index >= 15 is 0 Å². The molecule has 1 unspecified atom stereocenters. The van der Waals surface area contributed by atoms with Gasteiger partial charge in [0.25, 0.3) is 0 Å². The minimum atomic E-state index is -0.594. The molecule has 2 aromatic rings. The van der Waals surface area contributed by atoms with Gasteiger partial charge in [-0.25, -0.2) is 8.78 Å². The molecule has 0 amide bonds. The van der Waals surface area contributed by atoms with Crippen molar-refractivity contribution in [3.8, 4) is 0 Å². The van der Waals surface area contributed by atoms with E-state index in [2.05, 4.69) is 0 Å². The maximum Gasteiger partial charge on any atom is 0.130 e. The summed E-state index contributed by atoms with van der Waals surface area (Å²) in [4.78, 5) is 0. The molecule has 0 aliphatic heterocycles. The van der Waals surface area contributed by atoms with Crippen LogP contribution in [0.1, 0.15) is 27.6 Å². The lowest BCUT2D eigenvalue weighted by Crippen LogP contribution is -2.00. The first kappa shape index (κ1) is 14.0. The summed E-state index contributed by atoms with van der Waals surface area (Å²) >= 11 is 6.23. The zero-order chi connectivity index (χ0) is 14.0. The zero-order valence-electron chi connectivity index (χ0n) is 10.9. The summed E-state index contributed by atoms with van der Waals surface area (Å²) in [6.07, 6.45) is 0.519. The minimum Gasteiger partial charge on any atom is -0.207 e. The molecule has 0 radical (unpaired) electrons. The Balaban J connectivity index is 2.20. The Morgan fingerprint density at radius 2 is 1.74 bits per heavy atom. The largest absolute Gasteiger partial charge is 0.207 e. The number of rotatable bonds is 3. The highest BCUT2D eigenvalue weighted by Crippen LogP contribution is 2.28. The van der Waals surface area contributed by atoms with Crippen molar-refractivity contribution in [2.24, 2.45) is 0 Å². The van der Waals surface area contributed by atoms with Gasteiger partial charge >= 0.3 is 0 Å². The Morgan fingerprint density at radius 3 is 2.37 bits per heavy atom. The van der Waals surface area contributed by atoms with Gasteiger partial charge in [-0.3, -0.25) is 0 Å². The Bertz CT molecular complexity index is 593. The van der Waals surface area contributed by atoms with E-state index in [0.29, 0.717) is 12.0 Å². The molecule has 19 heavy (non-hydrogen) atoms. The molecule has 0 saturated heterocycles. The lowest BCUT2D eigenvalue weighted by atomic mass is 10.00. The van der Waals surface area contributed by atoms with Crippen molar-refractivity contribution >= 4 is 11.6 Å². The predicted molar refractivity (Wildman–Crippen MR) is 74.6 cm³/mol. The fourth-order valence-corrected chi connectivity index (χ4v) is 2.36. The van der Waals surface area contributed by atoms with Crippen molar-refractivity contribution in [1.82, 2.24) is 0 Å². The summed E-state index contributed by atoms with van der Waals surface area (Å²) in [5, 5.41) is -0.497. The molecule has 2 aromatic carbocycles. The van der Waals surface area contributed by atoms with E-state index in [1.807, 2.05) is 32.0 Å². The fraction of sp³-hybridized carbons (Fsp3) is 0.250. The van der Waals surface area contributed by atoms with Gasteiger partial charge in [0.1, 0.15) is 11.6 Å². The first-order chi connectivity index (χ1) is 8.97. The quantitative estimate of drug-likeness (QED) is 0.686. The average molecular weight is 281 g/mol. The molecule has 0 heterocycles. The van der Waals surface area contributed by atoms with E-state index in [4.69, 9.17) is 11.6 Å². The molecule has 2 rings (SSSR count). The third kappa shape index (κ3) is 3.32. The van der Waals surface area contributed by atoms with Crippen molar-refractivity contribution in [2.75, 3.05) is 0 Å². The molecular formula is C16H15ClF2. The van der Waals surface area contributed by atoms with Gasteiger partial charge < -0.3 is 0 Å².